The first-order valence-corrected chi connectivity index (χ1v) is 7.03. The zero-order chi connectivity index (χ0) is 15.2. The highest BCUT2D eigenvalue weighted by molar-refractivity contribution is 5.17. The van der Waals surface area contributed by atoms with Gasteiger partial charge in [0, 0.05) is 29.7 Å². The molecule has 0 fully saturated rings. The topological polar surface area (TPSA) is 25.8 Å². The average Bonchev–Trinajstić information content (AvgIpc) is 2.40. The summed E-state index contributed by atoms with van der Waals surface area (Å²) in [5.41, 5.74) is 2.85. The summed E-state index contributed by atoms with van der Waals surface area (Å²) < 4.78 is 0. The molecule has 0 bridgehead atoms. The molecule has 2 heterocycles. The number of rotatable bonds is 0. The lowest BCUT2D eigenvalue weighted by Gasteiger charge is -2.17. The largest absolute Gasteiger partial charge is 0.264 e. The van der Waals surface area contributed by atoms with E-state index in [0.29, 0.717) is 0 Å². The SMILES string of the molecule is CC(C)(C)c1ccccn1.CC(C)(C)c1cccnc1. The van der Waals surface area contributed by atoms with E-state index in [1.54, 1.807) is 6.20 Å². The van der Waals surface area contributed by atoms with Gasteiger partial charge in [0.25, 0.3) is 0 Å². The molecule has 0 amide bonds. The third-order valence-corrected chi connectivity index (χ3v) is 2.96. The van der Waals surface area contributed by atoms with Crippen molar-refractivity contribution in [2.75, 3.05) is 0 Å². The molecule has 0 aliphatic heterocycles. The molecule has 0 aliphatic rings. The Labute approximate surface area is 123 Å². The van der Waals surface area contributed by atoms with E-state index in [0.717, 1.165) is 5.69 Å². The average molecular weight is 270 g/mol. The molecule has 0 saturated heterocycles. The van der Waals surface area contributed by atoms with Crippen LogP contribution in [0.2, 0.25) is 0 Å². The van der Waals surface area contributed by atoms with Crippen LogP contribution in [0.3, 0.4) is 0 Å². The fourth-order valence-corrected chi connectivity index (χ4v) is 1.61. The minimum atomic E-state index is 0.182. The van der Waals surface area contributed by atoms with Crippen LogP contribution in [-0.2, 0) is 10.8 Å². The number of pyridine rings is 2. The summed E-state index contributed by atoms with van der Waals surface area (Å²) in [6.07, 6.45) is 5.55. The molecule has 0 spiro atoms. The normalized spacial score (nSPS) is 11.5. The van der Waals surface area contributed by atoms with Gasteiger partial charge in [0.2, 0.25) is 0 Å². The first-order valence-electron chi connectivity index (χ1n) is 7.03. The van der Waals surface area contributed by atoms with Crippen LogP contribution < -0.4 is 0 Å². The van der Waals surface area contributed by atoms with Crippen LogP contribution in [0.4, 0.5) is 0 Å². The highest BCUT2D eigenvalue weighted by Crippen LogP contribution is 2.20. The standard InChI is InChI=1S/2C9H13N/c1-9(2,3)8-5-4-6-10-7-8;1-9(2,3)8-6-4-5-7-10-8/h2*4-7H,1-3H3. The van der Waals surface area contributed by atoms with Crippen molar-refractivity contribution in [3.05, 3.63) is 60.2 Å². The van der Waals surface area contributed by atoms with Gasteiger partial charge in [-0.05, 0) is 29.2 Å². The zero-order valence-electron chi connectivity index (χ0n) is 13.5. The second-order valence-corrected chi connectivity index (χ2v) is 6.96. The molecule has 2 rings (SSSR count). The monoisotopic (exact) mass is 270 g/mol. The summed E-state index contributed by atoms with van der Waals surface area (Å²) in [6, 6.07) is 10.1. The van der Waals surface area contributed by atoms with Crippen LogP contribution in [0.5, 0.6) is 0 Å². The Morgan fingerprint density at radius 1 is 0.750 bits per heavy atom. The molecule has 2 aromatic heterocycles. The van der Waals surface area contributed by atoms with Crippen LogP contribution in [0.1, 0.15) is 52.8 Å². The van der Waals surface area contributed by atoms with E-state index in [1.807, 2.05) is 30.6 Å². The molecule has 0 saturated carbocycles. The summed E-state index contributed by atoms with van der Waals surface area (Å²) in [7, 11) is 0. The van der Waals surface area contributed by atoms with Crippen molar-refractivity contribution in [1.29, 1.82) is 0 Å². The van der Waals surface area contributed by atoms with Crippen molar-refractivity contribution >= 4 is 0 Å². The maximum absolute atomic E-state index is 4.25. The molecule has 0 aliphatic carbocycles. The van der Waals surface area contributed by atoms with Crippen LogP contribution in [0, 0.1) is 0 Å². The molecule has 2 aromatic rings. The molecule has 0 atom stereocenters. The van der Waals surface area contributed by atoms with E-state index in [1.165, 1.54) is 5.56 Å². The van der Waals surface area contributed by atoms with Crippen LogP contribution in [-0.4, -0.2) is 9.97 Å². The van der Waals surface area contributed by atoms with Gasteiger partial charge in [-0.25, -0.2) is 0 Å². The molecule has 0 N–H and O–H groups in total. The van der Waals surface area contributed by atoms with E-state index in [-0.39, 0.29) is 10.8 Å². The molecule has 20 heavy (non-hydrogen) atoms. The van der Waals surface area contributed by atoms with Gasteiger partial charge in [0.05, 0.1) is 0 Å². The third kappa shape index (κ3) is 5.52. The Bertz CT molecular complexity index is 441. The molecule has 0 aromatic carbocycles. The van der Waals surface area contributed by atoms with Gasteiger partial charge in [-0.1, -0.05) is 53.7 Å². The van der Waals surface area contributed by atoms with E-state index >= 15 is 0 Å². The van der Waals surface area contributed by atoms with E-state index < -0.39 is 0 Å². The zero-order valence-corrected chi connectivity index (χ0v) is 13.5. The third-order valence-electron chi connectivity index (χ3n) is 2.96. The quantitative estimate of drug-likeness (QED) is 0.690. The Kier molecular flexibility index (Phi) is 5.43. The highest BCUT2D eigenvalue weighted by Gasteiger charge is 2.13. The van der Waals surface area contributed by atoms with E-state index in [2.05, 4.69) is 63.6 Å². The molecule has 2 nitrogen and oxygen atoms in total. The fraction of sp³-hybridized carbons (Fsp3) is 0.444. The van der Waals surface area contributed by atoms with Crippen LogP contribution in [0.15, 0.2) is 48.9 Å². The Morgan fingerprint density at radius 2 is 1.45 bits per heavy atom. The van der Waals surface area contributed by atoms with Gasteiger partial charge >= 0.3 is 0 Å². The lowest BCUT2D eigenvalue weighted by atomic mass is 9.88. The van der Waals surface area contributed by atoms with Crippen molar-refractivity contribution in [2.24, 2.45) is 0 Å². The van der Waals surface area contributed by atoms with Gasteiger partial charge < -0.3 is 0 Å². The minimum Gasteiger partial charge on any atom is -0.264 e. The van der Waals surface area contributed by atoms with Gasteiger partial charge in [0.1, 0.15) is 0 Å². The highest BCUT2D eigenvalue weighted by atomic mass is 14.7. The second-order valence-electron chi connectivity index (χ2n) is 6.96. The minimum absolute atomic E-state index is 0.182. The lowest BCUT2D eigenvalue weighted by Crippen LogP contribution is -2.12. The van der Waals surface area contributed by atoms with Crippen molar-refractivity contribution in [3.8, 4) is 0 Å². The maximum atomic E-state index is 4.25. The van der Waals surface area contributed by atoms with Gasteiger partial charge in [-0.2, -0.15) is 0 Å². The number of aromatic nitrogens is 2. The smallest absolute Gasteiger partial charge is 0.0457 e. The van der Waals surface area contributed by atoms with Gasteiger partial charge in [-0.15, -0.1) is 0 Å². The van der Waals surface area contributed by atoms with Crippen LogP contribution in [0.25, 0.3) is 0 Å². The summed E-state index contributed by atoms with van der Waals surface area (Å²) in [4.78, 5) is 8.30. The van der Waals surface area contributed by atoms with Crippen molar-refractivity contribution < 1.29 is 0 Å². The van der Waals surface area contributed by atoms with Gasteiger partial charge in [-0.3, -0.25) is 9.97 Å². The molecular weight excluding hydrogens is 244 g/mol. The first kappa shape index (κ1) is 16.4. The van der Waals surface area contributed by atoms with Crippen LogP contribution >= 0.6 is 0 Å². The van der Waals surface area contributed by atoms with E-state index in [4.69, 9.17) is 0 Å². The molecule has 2 heteroatoms. The lowest BCUT2D eigenvalue weighted by molar-refractivity contribution is 0.569. The Balaban J connectivity index is 0.000000200. The summed E-state index contributed by atoms with van der Waals surface area (Å²) >= 11 is 0. The predicted octanol–water partition coefficient (Wildman–Crippen LogP) is 4.76. The summed E-state index contributed by atoms with van der Waals surface area (Å²) in [6.45, 7) is 13.0. The summed E-state index contributed by atoms with van der Waals surface area (Å²) in [5, 5.41) is 0. The first-order chi connectivity index (χ1) is 9.21. The van der Waals surface area contributed by atoms with Crippen molar-refractivity contribution in [3.63, 3.8) is 0 Å². The number of nitrogens with zero attached hydrogens (tertiary/aromatic N) is 2. The fourth-order valence-electron chi connectivity index (χ4n) is 1.61. The second kappa shape index (κ2) is 6.65. The number of hydrogen-bond acceptors (Lipinski definition) is 2. The van der Waals surface area contributed by atoms with E-state index in [9.17, 15) is 0 Å². The Hall–Kier alpha value is -1.70. The maximum Gasteiger partial charge on any atom is 0.0457 e. The van der Waals surface area contributed by atoms with Crippen molar-refractivity contribution in [1.82, 2.24) is 9.97 Å². The van der Waals surface area contributed by atoms with Crippen molar-refractivity contribution in [2.45, 2.75) is 52.4 Å². The summed E-state index contributed by atoms with van der Waals surface area (Å²) in [5.74, 6) is 0. The Morgan fingerprint density at radius 3 is 1.75 bits per heavy atom. The molecule has 0 radical (unpaired) electrons. The molecule has 0 unspecified atom stereocenters. The number of hydrogen-bond donors (Lipinski definition) is 0. The van der Waals surface area contributed by atoms with Gasteiger partial charge in [0.15, 0.2) is 0 Å². The molecular formula is C18H26N2. The predicted molar refractivity (Wildman–Crippen MR) is 85.9 cm³/mol. The molecule has 108 valence electrons.